The Bertz CT molecular complexity index is 385. The van der Waals surface area contributed by atoms with Gasteiger partial charge in [-0.05, 0) is 19.1 Å². The number of carbonyl (C=O) groups excluding carboxylic acids is 1. The van der Waals surface area contributed by atoms with Crippen molar-refractivity contribution in [1.82, 2.24) is 0 Å². The average molecular weight is 193 g/mol. The van der Waals surface area contributed by atoms with E-state index in [1.807, 2.05) is 0 Å². The van der Waals surface area contributed by atoms with Gasteiger partial charge in [0.2, 0.25) is 5.91 Å². The molecule has 74 valence electrons. The molecule has 1 aromatic rings. The van der Waals surface area contributed by atoms with Crippen molar-refractivity contribution in [2.75, 3.05) is 5.32 Å². The molecule has 0 fully saturated rings. The molecule has 0 unspecified atom stereocenters. The second kappa shape index (κ2) is 3.91. The molecule has 0 atom stereocenters. The predicted octanol–water partition coefficient (Wildman–Crippen LogP) is 1.65. The predicted molar refractivity (Wildman–Crippen MR) is 52.4 cm³/mol. The van der Waals surface area contributed by atoms with Gasteiger partial charge in [-0.15, -0.1) is 0 Å². The molecular formula is C10H11NO3. The Balaban J connectivity index is 3.14. The van der Waals surface area contributed by atoms with E-state index in [0.717, 1.165) is 5.56 Å². The van der Waals surface area contributed by atoms with Crippen molar-refractivity contribution in [2.24, 2.45) is 0 Å². The molecule has 0 aliphatic carbocycles. The van der Waals surface area contributed by atoms with E-state index in [2.05, 4.69) is 5.32 Å². The Labute approximate surface area is 81.6 Å². The van der Waals surface area contributed by atoms with Gasteiger partial charge in [-0.3, -0.25) is 4.79 Å². The maximum Gasteiger partial charge on any atom is 0.337 e. The van der Waals surface area contributed by atoms with Gasteiger partial charge in [0.1, 0.15) is 0 Å². The van der Waals surface area contributed by atoms with Crippen LogP contribution in [0.15, 0.2) is 18.2 Å². The molecule has 14 heavy (non-hydrogen) atoms. The maximum absolute atomic E-state index is 10.8. The normalized spacial score (nSPS) is 9.57. The summed E-state index contributed by atoms with van der Waals surface area (Å²) in [6.07, 6.45) is 0. The van der Waals surface area contributed by atoms with E-state index in [4.69, 9.17) is 5.11 Å². The molecule has 1 aromatic carbocycles. The van der Waals surface area contributed by atoms with Crippen molar-refractivity contribution in [3.8, 4) is 0 Å². The molecule has 0 saturated heterocycles. The number of rotatable bonds is 2. The summed E-state index contributed by atoms with van der Waals surface area (Å²) in [7, 11) is 0. The highest BCUT2D eigenvalue weighted by Crippen LogP contribution is 2.17. The number of hydrogen-bond donors (Lipinski definition) is 2. The minimum Gasteiger partial charge on any atom is -0.478 e. The quantitative estimate of drug-likeness (QED) is 0.750. The van der Waals surface area contributed by atoms with Crippen molar-refractivity contribution in [3.05, 3.63) is 29.3 Å². The Morgan fingerprint density at radius 2 is 2.00 bits per heavy atom. The first-order chi connectivity index (χ1) is 6.50. The minimum absolute atomic E-state index is 0.111. The number of aromatic carboxylic acids is 1. The lowest BCUT2D eigenvalue weighted by molar-refractivity contribution is -0.114. The van der Waals surface area contributed by atoms with E-state index in [0.29, 0.717) is 5.69 Å². The zero-order valence-electron chi connectivity index (χ0n) is 8.00. The fourth-order valence-electron chi connectivity index (χ4n) is 1.13. The van der Waals surface area contributed by atoms with Crippen molar-refractivity contribution in [2.45, 2.75) is 13.8 Å². The zero-order chi connectivity index (χ0) is 10.7. The average Bonchev–Trinajstić information content (AvgIpc) is 2.07. The largest absolute Gasteiger partial charge is 0.478 e. The van der Waals surface area contributed by atoms with Crippen LogP contribution in [-0.2, 0) is 4.79 Å². The topological polar surface area (TPSA) is 66.4 Å². The smallest absolute Gasteiger partial charge is 0.337 e. The Hall–Kier alpha value is -1.84. The summed E-state index contributed by atoms with van der Waals surface area (Å²) in [4.78, 5) is 21.6. The molecule has 0 heterocycles. The van der Waals surface area contributed by atoms with Crippen LogP contribution in [0.25, 0.3) is 0 Å². The highest BCUT2D eigenvalue weighted by molar-refractivity contribution is 5.99. The third kappa shape index (κ3) is 2.32. The Morgan fingerprint density at radius 3 is 2.50 bits per heavy atom. The third-order valence-electron chi connectivity index (χ3n) is 1.72. The molecule has 4 heteroatoms. The fraction of sp³-hybridized carbons (Fsp3) is 0.200. The van der Waals surface area contributed by atoms with Gasteiger partial charge in [0.05, 0.1) is 11.3 Å². The lowest BCUT2D eigenvalue weighted by atomic mass is 10.1. The summed E-state index contributed by atoms with van der Waals surface area (Å²) < 4.78 is 0. The second-order valence-corrected chi connectivity index (χ2v) is 3.04. The van der Waals surface area contributed by atoms with Crippen LogP contribution in [0.3, 0.4) is 0 Å². The molecular weight excluding hydrogens is 182 g/mol. The number of carbonyl (C=O) groups is 2. The van der Waals surface area contributed by atoms with Crippen molar-refractivity contribution in [1.29, 1.82) is 0 Å². The highest BCUT2D eigenvalue weighted by atomic mass is 16.4. The Kier molecular flexibility index (Phi) is 2.86. The van der Waals surface area contributed by atoms with Crippen LogP contribution in [0.1, 0.15) is 22.8 Å². The van der Waals surface area contributed by atoms with E-state index in [1.165, 1.54) is 13.0 Å². The molecule has 4 nitrogen and oxygen atoms in total. The lowest BCUT2D eigenvalue weighted by Crippen LogP contribution is -2.10. The molecule has 0 aromatic heterocycles. The first kappa shape index (κ1) is 10.2. The first-order valence-corrected chi connectivity index (χ1v) is 4.12. The van der Waals surface area contributed by atoms with Gasteiger partial charge >= 0.3 is 5.97 Å². The van der Waals surface area contributed by atoms with Crippen LogP contribution in [0, 0.1) is 6.92 Å². The number of anilines is 1. The maximum atomic E-state index is 10.8. The second-order valence-electron chi connectivity index (χ2n) is 3.04. The number of benzene rings is 1. The zero-order valence-corrected chi connectivity index (χ0v) is 8.00. The van der Waals surface area contributed by atoms with E-state index >= 15 is 0 Å². The standard InChI is InChI=1S/C10H11NO3/c1-6-3-4-9(11-7(2)12)8(5-6)10(13)14/h3-5H,1-2H3,(H,11,12)(H,13,14). The summed E-state index contributed by atoms with van der Waals surface area (Å²) >= 11 is 0. The van der Waals surface area contributed by atoms with Gasteiger partial charge in [-0.1, -0.05) is 11.6 Å². The van der Waals surface area contributed by atoms with Crippen LogP contribution in [0.4, 0.5) is 5.69 Å². The molecule has 0 bridgehead atoms. The van der Waals surface area contributed by atoms with Crippen molar-refractivity contribution >= 4 is 17.6 Å². The monoisotopic (exact) mass is 193 g/mol. The fourth-order valence-corrected chi connectivity index (χ4v) is 1.13. The third-order valence-corrected chi connectivity index (χ3v) is 1.72. The number of nitrogens with one attached hydrogen (secondary N) is 1. The van der Waals surface area contributed by atoms with E-state index in [9.17, 15) is 9.59 Å². The van der Waals surface area contributed by atoms with E-state index in [-0.39, 0.29) is 11.5 Å². The summed E-state index contributed by atoms with van der Waals surface area (Å²) in [5, 5.41) is 11.3. The summed E-state index contributed by atoms with van der Waals surface area (Å²) in [6.45, 7) is 3.13. The van der Waals surface area contributed by atoms with Gasteiger partial charge < -0.3 is 10.4 Å². The molecule has 0 radical (unpaired) electrons. The molecule has 1 rings (SSSR count). The number of aryl methyl sites for hydroxylation is 1. The summed E-state index contributed by atoms with van der Waals surface area (Å²) in [6, 6.07) is 4.85. The minimum atomic E-state index is -1.04. The summed E-state index contributed by atoms with van der Waals surface area (Å²) in [5.74, 6) is -1.33. The number of carboxylic acids is 1. The number of amides is 1. The molecule has 0 saturated carbocycles. The van der Waals surface area contributed by atoms with Gasteiger partial charge in [0.15, 0.2) is 0 Å². The molecule has 2 N–H and O–H groups in total. The SMILES string of the molecule is CC(=O)Nc1ccc(C)cc1C(=O)O. The van der Waals surface area contributed by atoms with Crippen LogP contribution in [0.5, 0.6) is 0 Å². The van der Waals surface area contributed by atoms with Gasteiger partial charge in [-0.25, -0.2) is 4.79 Å². The van der Waals surface area contributed by atoms with Crippen LogP contribution in [-0.4, -0.2) is 17.0 Å². The van der Waals surface area contributed by atoms with E-state index < -0.39 is 5.97 Å². The van der Waals surface area contributed by atoms with Crippen LogP contribution in [0.2, 0.25) is 0 Å². The first-order valence-electron chi connectivity index (χ1n) is 4.12. The molecule has 1 amide bonds. The van der Waals surface area contributed by atoms with E-state index in [1.54, 1.807) is 19.1 Å². The number of carboxylic acid groups (broad SMARTS) is 1. The van der Waals surface area contributed by atoms with Gasteiger partial charge in [0.25, 0.3) is 0 Å². The lowest BCUT2D eigenvalue weighted by Gasteiger charge is -2.06. The van der Waals surface area contributed by atoms with Crippen molar-refractivity contribution in [3.63, 3.8) is 0 Å². The van der Waals surface area contributed by atoms with Crippen LogP contribution >= 0.6 is 0 Å². The highest BCUT2D eigenvalue weighted by Gasteiger charge is 2.10. The Morgan fingerprint density at radius 1 is 1.36 bits per heavy atom. The molecule has 0 aliphatic rings. The molecule has 0 spiro atoms. The summed E-state index contributed by atoms with van der Waals surface area (Å²) in [5.41, 5.74) is 1.28. The van der Waals surface area contributed by atoms with Gasteiger partial charge in [0, 0.05) is 6.92 Å². The number of hydrogen-bond acceptors (Lipinski definition) is 2. The van der Waals surface area contributed by atoms with Crippen molar-refractivity contribution < 1.29 is 14.7 Å². The van der Waals surface area contributed by atoms with Gasteiger partial charge in [-0.2, -0.15) is 0 Å². The van der Waals surface area contributed by atoms with Crippen LogP contribution < -0.4 is 5.32 Å². The molecule has 0 aliphatic heterocycles.